The molecule has 0 aromatic rings. The molecule has 4 aliphatic carbocycles. The quantitative estimate of drug-likeness (QED) is 0.381. The fourth-order valence-electron chi connectivity index (χ4n) is 10.2. The lowest BCUT2D eigenvalue weighted by atomic mass is 9.64. The van der Waals surface area contributed by atoms with Crippen LogP contribution in [0.5, 0.6) is 0 Å². The van der Waals surface area contributed by atoms with Gasteiger partial charge in [-0.25, -0.2) is 0 Å². The Balaban J connectivity index is 0.000000588. The second kappa shape index (κ2) is 11.2. The Hall–Kier alpha value is 0. The minimum atomic E-state index is 0.500. The largest absolute Gasteiger partial charge is 0.0622 e. The normalized spacial score (nSPS) is 50.8. The lowest BCUT2D eigenvalue weighted by molar-refractivity contribution is 0.0782. The Kier molecular flexibility index (Phi) is 9.39. The van der Waals surface area contributed by atoms with Crippen LogP contribution < -0.4 is 0 Å². The van der Waals surface area contributed by atoms with Gasteiger partial charge < -0.3 is 0 Å². The van der Waals surface area contributed by atoms with Crippen LogP contribution in [-0.2, 0) is 0 Å². The minimum Gasteiger partial charge on any atom is -0.0622 e. The first-order valence-corrected chi connectivity index (χ1v) is 15.7. The van der Waals surface area contributed by atoms with E-state index in [-0.39, 0.29) is 0 Å². The molecule has 34 heavy (non-hydrogen) atoms. The summed E-state index contributed by atoms with van der Waals surface area (Å²) in [5, 5.41) is 0. The van der Waals surface area contributed by atoms with E-state index in [9.17, 15) is 0 Å². The predicted molar refractivity (Wildman–Crippen MR) is 152 cm³/mol. The van der Waals surface area contributed by atoms with Crippen molar-refractivity contribution in [2.24, 2.45) is 88.3 Å². The van der Waals surface area contributed by atoms with Crippen LogP contribution in [0.2, 0.25) is 0 Å². The molecule has 0 heterocycles. The summed E-state index contributed by atoms with van der Waals surface area (Å²) < 4.78 is 0. The molecule has 4 saturated carbocycles. The summed E-state index contributed by atoms with van der Waals surface area (Å²) in [6.07, 6.45) is 10.5. The first kappa shape index (κ1) is 28.6. The molecular weight excluding hydrogens is 408 g/mol. The molecule has 4 aliphatic rings. The van der Waals surface area contributed by atoms with Crippen LogP contribution >= 0.6 is 0 Å². The number of fused-ring (bicyclic) bond motifs is 2. The van der Waals surface area contributed by atoms with E-state index >= 15 is 0 Å². The van der Waals surface area contributed by atoms with Gasteiger partial charge in [-0.05, 0) is 101 Å². The van der Waals surface area contributed by atoms with Crippen molar-refractivity contribution in [1.29, 1.82) is 0 Å². The fourth-order valence-corrected chi connectivity index (χ4v) is 10.2. The van der Waals surface area contributed by atoms with Gasteiger partial charge in [0.2, 0.25) is 0 Å². The fraction of sp³-hybridized carbons (Fsp3) is 1.00. The van der Waals surface area contributed by atoms with E-state index in [2.05, 4.69) is 83.1 Å². The van der Waals surface area contributed by atoms with Gasteiger partial charge >= 0.3 is 0 Å². The molecule has 0 aromatic heterocycles. The van der Waals surface area contributed by atoms with Crippen molar-refractivity contribution in [2.75, 3.05) is 0 Å². The molecule has 4 rings (SSSR count). The molecule has 14 unspecified atom stereocenters. The van der Waals surface area contributed by atoms with E-state index < -0.39 is 0 Å². The molecule has 4 fully saturated rings. The maximum absolute atomic E-state index is 2.62. The van der Waals surface area contributed by atoms with E-state index in [0.717, 1.165) is 82.9 Å². The van der Waals surface area contributed by atoms with E-state index in [0.29, 0.717) is 5.41 Å². The monoisotopic (exact) mass is 473 g/mol. The highest BCUT2D eigenvalue weighted by Crippen LogP contribution is 2.59. The Morgan fingerprint density at radius 1 is 0.441 bits per heavy atom. The zero-order chi connectivity index (χ0) is 25.5. The molecule has 0 aromatic carbocycles. The predicted octanol–water partition coefficient (Wildman–Crippen LogP) is 10.6. The highest BCUT2D eigenvalue weighted by Gasteiger charge is 2.53. The van der Waals surface area contributed by atoms with E-state index in [1.165, 1.54) is 44.9 Å². The summed E-state index contributed by atoms with van der Waals surface area (Å²) in [5.41, 5.74) is 0.500. The average molecular weight is 473 g/mol. The first-order chi connectivity index (χ1) is 15.7. The maximum atomic E-state index is 2.62. The van der Waals surface area contributed by atoms with Crippen molar-refractivity contribution in [3.8, 4) is 0 Å². The lowest BCUT2D eigenvalue weighted by Gasteiger charge is -2.41. The maximum Gasteiger partial charge on any atom is -0.0324 e. The van der Waals surface area contributed by atoms with Crippen LogP contribution in [-0.4, -0.2) is 0 Å². The molecular formula is C34H64. The van der Waals surface area contributed by atoms with Crippen LogP contribution in [0.4, 0.5) is 0 Å². The van der Waals surface area contributed by atoms with Crippen molar-refractivity contribution >= 4 is 0 Å². The van der Waals surface area contributed by atoms with Crippen molar-refractivity contribution in [2.45, 2.75) is 128 Å². The molecule has 0 saturated heterocycles. The van der Waals surface area contributed by atoms with Gasteiger partial charge in [0, 0.05) is 0 Å². The first-order valence-electron chi connectivity index (χ1n) is 15.7. The number of rotatable bonds is 4. The molecule has 0 N–H and O–H groups in total. The standard InChI is InChI=1S/C29H52.C5H12/c1-16-12-14-18(3)28-24(20(5)22(7)26(16)28)10-9-11-25-21(6)23(8)27-17(2)13-15-19(4)29(25)27;1-5(2,3)4/h16-29H,9-15H2,1-8H3;1-4H3. The van der Waals surface area contributed by atoms with E-state index in [4.69, 9.17) is 0 Å². The summed E-state index contributed by atoms with van der Waals surface area (Å²) >= 11 is 0. The highest BCUT2D eigenvalue weighted by atomic mass is 14.6. The van der Waals surface area contributed by atoms with Gasteiger partial charge in [-0.1, -0.05) is 115 Å². The molecule has 0 bridgehead atoms. The van der Waals surface area contributed by atoms with Crippen LogP contribution in [0.1, 0.15) is 128 Å². The van der Waals surface area contributed by atoms with Crippen molar-refractivity contribution in [1.82, 2.24) is 0 Å². The molecule has 0 aliphatic heterocycles. The summed E-state index contributed by atoms with van der Waals surface area (Å²) in [5.74, 6) is 13.8. The van der Waals surface area contributed by atoms with Crippen molar-refractivity contribution < 1.29 is 0 Å². The van der Waals surface area contributed by atoms with Crippen LogP contribution in [0.15, 0.2) is 0 Å². The SMILES string of the molecule is CC(C)(C)C.CC1CCC(C)C2C(CCCC3C(C)C(C)C4C(C)CCC(C)C34)C(C)C(C)C12. The molecule has 0 amide bonds. The third-order valence-electron chi connectivity index (χ3n) is 12.0. The molecule has 0 nitrogen and oxygen atoms in total. The third kappa shape index (κ3) is 5.93. The Morgan fingerprint density at radius 2 is 0.706 bits per heavy atom. The van der Waals surface area contributed by atoms with Gasteiger partial charge in [0.1, 0.15) is 0 Å². The third-order valence-corrected chi connectivity index (χ3v) is 12.0. The summed E-state index contributed by atoms with van der Waals surface area (Å²) in [6.45, 7) is 29.5. The Bertz CT molecular complexity index is 572. The Morgan fingerprint density at radius 3 is 1.00 bits per heavy atom. The topological polar surface area (TPSA) is 0 Å². The molecule has 200 valence electrons. The average Bonchev–Trinajstić information content (AvgIpc) is 3.14. The smallest absolute Gasteiger partial charge is 0.0324 e. The summed E-state index contributed by atoms with van der Waals surface area (Å²) in [4.78, 5) is 0. The zero-order valence-corrected chi connectivity index (χ0v) is 25.5. The van der Waals surface area contributed by atoms with Crippen molar-refractivity contribution in [3.63, 3.8) is 0 Å². The van der Waals surface area contributed by atoms with Crippen molar-refractivity contribution in [3.05, 3.63) is 0 Å². The lowest BCUT2D eigenvalue weighted by Crippen LogP contribution is -2.34. The number of hydrogen-bond acceptors (Lipinski definition) is 0. The molecule has 0 radical (unpaired) electrons. The Labute approximate surface area is 216 Å². The second-order valence-electron chi connectivity index (χ2n) is 16.1. The molecule has 0 spiro atoms. The minimum absolute atomic E-state index is 0.500. The number of hydrogen-bond donors (Lipinski definition) is 0. The molecule has 0 heteroatoms. The zero-order valence-electron chi connectivity index (χ0n) is 25.5. The van der Waals surface area contributed by atoms with Crippen LogP contribution in [0, 0.1) is 88.3 Å². The van der Waals surface area contributed by atoms with Crippen LogP contribution in [0.3, 0.4) is 0 Å². The molecule has 14 atom stereocenters. The summed E-state index contributed by atoms with van der Waals surface area (Å²) in [6, 6.07) is 0. The van der Waals surface area contributed by atoms with E-state index in [1.54, 1.807) is 0 Å². The van der Waals surface area contributed by atoms with Gasteiger partial charge in [0.15, 0.2) is 0 Å². The van der Waals surface area contributed by atoms with Gasteiger partial charge in [0.25, 0.3) is 0 Å². The van der Waals surface area contributed by atoms with Gasteiger partial charge in [-0.2, -0.15) is 0 Å². The van der Waals surface area contributed by atoms with Crippen LogP contribution in [0.25, 0.3) is 0 Å². The highest BCUT2D eigenvalue weighted by molar-refractivity contribution is 5.01. The summed E-state index contributed by atoms with van der Waals surface area (Å²) in [7, 11) is 0. The van der Waals surface area contributed by atoms with Gasteiger partial charge in [-0.15, -0.1) is 0 Å². The van der Waals surface area contributed by atoms with E-state index in [1.807, 2.05) is 0 Å². The van der Waals surface area contributed by atoms with Gasteiger partial charge in [-0.3, -0.25) is 0 Å². The second-order valence-corrected chi connectivity index (χ2v) is 16.1. The van der Waals surface area contributed by atoms with Gasteiger partial charge in [0.05, 0.1) is 0 Å².